The number of hydrogen-bond acceptors (Lipinski definition) is 3. The van der Waals surface area contributed by atoms with E-state index in [0.29, 0.717) is 5.02 Å². The minimum Gasteiger partial charge on any atom is -0.326 e. The summed E-state index contributed by atoms with van der Waals surface area (Å²) >= 11 is 6.17. The van der Waals surface area contributed by atoms with Crippen molar-refractivity contribution in [2.24, 2.45) is 0 Å². The fourth-order valence-corrected chi connectivity index (χ4v) is 3.52. The normalized spacial score (nSPS) is 11.0. The molecule has 150 valence electrons. The molecular weight excluding hydrogens is 393 g/mol. The average molecular weight is 420 g/mol. The number of fused-ring (bicyclic) bond motifs is 1. The van der Waals surface area contributed by atoms with Crippen LogP contribution in [0.5, 0.6) is 0 Å². The lowest BCUT2D eigenvalue weighted by Crippen LogP contribution is -2.27. The number of nitrogens with zero attached hydrogens (tertiary/aromatic N) is 3. The summed E-state index contributed by atoms with van der Waals surface area (Å²) in [7, 11) is 0. The van der Waals surface area contributed by atoms with Crippen LogP contribution >= 0.6 is 24.0 Å². The molecule has 1 heterocycles. The van der Waals surface area contributed by atoms with Crippen LogP contribution in [0.3, 0.4) is 0 Å². The first-order valence-electron chi connectivity index (χ1n) is 9.48. The molecular formula is C22H27Cl2N3O. The smallest absolute Gasteiger partial charge is 0.159 e. The Hall–Kier alpha value is -1.88. The van der Waals surface area contributed by atoms with Crippen LogP contribution in [0.15, 0.2) is 42.5 Å². The van der Waals surface area contributed by atoms with Crippen molar-refractivity contribution in [3.63, 3.8) is 0 Å². The van der Waals surface area contributed by atoms with E-state index in [0.717, 1.165) is 60.6 Å². The molecule has 3 rings (SSSR count). The topological polar surface area (TPSA) is 38.1 Å². The van der Waals surface area contributed by atoms with Crippen LogP contribution in [-0.2, 0) is 13.0 Å². The second-order valence-corrected chi connectivity index (χ2v) is 7.21. The molecule has 28 heavy (non-hydrogen) atoms. The lowest BCUT2D eigenvalue weighted by molar-refractivity contribution is 0.101. The standard InChI is InChI=1S/C22H26ClN3O.ClH/c1-4-25(5-2)12-13-26-21-11-10-19(23)15-20(21)24-22(26)14-17-6-8-18(9-7-17)16(3)27;/h6-11,15H,4-5,12-14H2,1-3H3;1H. The third-order valence-corrected chi connectivity index (χ3v) is 5.28. The molecule has 0 N–H and O–H groups in total. The van der Waals surface area contributed by atoms with E-state index < -0.39 is 0 Å². The fraction of sp³-hybridized carbons (Fsp3) is 0.364. The highest BCUT2D eigenvalue weighted by atomic mass is 35.5. The number of carbonyl (C=O) groups excluding carboxylic acids is 1. The van der Waals surface area contributed by atoms with E-state index >= 15 is 0 Å². The largest absolute Gasteiger partial charge is 0.326 e. The van der Waals surface area contributed by atoms with Crippen molar-refractivity contribution in [1.82, 2.24) is 14.5 Å². The highest BCUT2D eigenvalue weighted by Gasteiger charge is 2.13. The van der Waals surface area contributed by atoms with Crippen molar-refractivity contribution in [1.29, 1.82) is 0 Å². The Morgan fingerprint density at radius 3 is 2.39 bits per heavy atom. The molecule has 0 saturated heterocycles. The SMILES string of the molecule is CCN(CC)CCn1c(Cc2ccc(C(C)=O)cc2)nc2cc(Cl)ccc21.Cl. The van der Waals surface area contributed by atoms with Crippen molar-refractivity contribution < 1.29 is 4.79 Å². The summed E-state index contributed by atoms with van der Waals surface area (Å²) in [6, 6.07) is 13.7. The molecule has 0 aliphatic carbocycles. The van der Waals surface area contributed by atoms with Crippen molar-refractivity contribution in [2.75, 3.05) is 19.6 Å². The van der Waals surface area contributed by atoms with E-state index in [1.165, 1.54) is 0 Å². The fourth-order valence-electron chi connectivity index (χ4n) is 3.36. The minimum absolute atomic E-state index is 0. The number of imidazole rings is 1. The molecule has 2 aromatic carbocycles. The van der Waals surface area contributed by atoms with Gasteiger partial charge in [-0.05, 0) is 43.8 Å². The monoisotopic (exact) mass is 419 g/mol. The first-order chi connectivity index (χ1) is 13.0. The van der Waals surface area contributed by atoms with E-state index in [1.54, 1.807) is 6.92 Å². The Balaban J connectivity index is 0.00000280. The van der Waals surface area contributed by atoms with Crippen molar-refractivity contribution in [3.05, 3.63) is 64.4 Å². The lowest BCUT2D eigenvalue weighted by Gasteiger charge is -2.19. The molecule has 0 aliphatic heterocycles. The van der Waals surface area contributed by atoms with Gasteiger partial charge in [-0.2, -0.15) is 0 Å². The molecule has 1 aromatic heterocycles. The molecule has 0 aliphatic rings. The number of Topliss-reactive ketones (excluding diaryl/α,β-unsaturated/α-hetero) is 1. The van der Waals surface area contributed by atoms with Crippen LogP contribution in [-0.4, -0.2) is 39.9 Å². The minimum atomic E-state index is 0. The van der Waals surface area contributed by atoms with E-state index in [-0.39, 0.29) is 18.2 Å². The summed E-state index contributed by atoms with van der Waals surface area (Å²) < 4.78 is 2.29. The highest BCUT2D eigenvalue weighted by Crippen LogP contribution is 2.22. The maximum Gasteiger partial charge on any atom is 0.159 e. The molecule has 4 nitrogen and oxygen atoms in total. The van der Waals surface area contributed by atoms with Gasteiger partial charge in [-0.1, -0.05) is 49.7 Å². The van der Waals surface area contributed by atoms with Gasteiger partial charge in [0.15, 0.2) is 5.78 Å². The maximum atomic E-state index is 11.5. The van der Waals surface area contributed by atoms with Crippen LogP contribution in [0.4, 0.5) is 0 Å². The van der Waals surface area contributed by atoms with E-state index in [1.807, 2.05) is 36.4 Å². The number of rotatable bonds is 8. The van der Waals surface area contributed by atoms with Gasteiger partial charge in [-0.3, -0.25) is 4.79 Å². The molecule has 0 amide bonds. The third kappa shape index (κ3) is 5.13. The van der Waals surface area contributed by atoms with Gasteiger partial charge < -0.3 is 9.47 Å². The zero-order valence-corrected chi connectivity index (χ0v) is 18.2. The van der Waals surface area contributed by atoms with Gasteiger partial charge in [0.2, 0.25) is 0 Å². The highest BCUT2D eigenvalue weighted by molar-refractivity contribution is 6.31. The summed E-state index contributed by atoms with van der Waals surface area (Å²) in [6.07, 6.45) is 0.725. The Labute approximate surface area is 177 Å². The van der Waals surface area contributed by atoms with Crippen LogP contribution in [0.25, 0.3) is 11.0 Å². The number of carbonyl (C=O) groups is 1. The Kier molecular flexibility index (Phi) is 8.05. The predicted molar refractivity (Wildman–Crippen MR) is 119 cm³/mol. The summed E-state index contributed by atoms with van der Waals surface area (Å²) in [6.45, 7) is 9.91. The first-order valence-corrected chi connectivity index (χ1v) is 9.86. The van der Waals surface area contributed by atoms with Crippen molar-refractivity contribution in [3.8, 4) is 0 Å². The molecule has 0 unspecified atom stereocenters. The Morgan fingerprint density at radius 2 is 1.79 bits per heavy atom. The van der Waals surface area contributed by atoms with E-state index in [2.05, 4.69) is 29.4 Å². The molecule has 6 heteroatoms. The molecule has 0 bridgehead atoms. The summed E-state index contributed by atoms with van der Waals surface area (Å²) in [5, 5.41) is 0.702. The Bertz CT molecular complexity index is 931. The first kappa shape index (κ1) is 22.4. The molecule has 0 radical (unpaired) electrons. The number of aromatic nitrogens is 2. The van der Waals surface area contributed by atoms with Crippen LogP contribution in [0.1, 0.15) is 42.5 Å². The van der Waals surface area contributed by atoms with E-state index in [9.17, 15) is 4.79 Å². The van der Waals surface area contributed by atoms with Gasteiger partial charge in [0.25, 0.3) is 0 Å². The second kappa shape index (κ2) is 10.1. The van der Waals surface area contributed by atoms with E-state index in [4.69, 9.17) is 16.6 Å². The van der Waals surface area contributed by atoms with Crippen LogP contribution in [0.2, 0.25) is 5.02 Å². The third-order valence-electron chi connectivity index (χ3n) is 5.05. The van der Waals surface area contributed by atoms with Gasteiger partial charge >= 0.3 is 0 Å². The van der Waals surface area contributed by atoms with Crippen LogP contribution in [0, 0.1) is 0 Å². The van der Waals surface area contributed by atoms with Crippen molar-refractivity contribution >= 4 is 40.8 Å². The average Bonchev–Trinajstić information content (AvgIpc) is 2.99. The number of hydrogen-bond donors (Lipinski definition) is 0. The summed E-state index contributed by atoms with van der Waals surface area (Å²) in [4.78, 5) is 18.7. The predicted octanol–water partition coefficient (Wildman–Crippen LogP) is 5.25. The summed E-state index contributed by atoms with van der Waals surface area (Å²) in [5.74, 6) is 1.11. The van der Waals surface area contributed by atoms with Gasteiger partial charge in [-0.25, -0.2) is 4.98 Å². The number of ketones is 1. The molecule has 0 spiro atoms. The van der Waals surface area contributed by atoms with Crippen LogP contribution < -0.4 is 0 Å². The maximum absolute atomic E-state index is 11.5. The number of benzene rings is 2. The van der Waals surface area contributed by atoms with Gasteiger partial charge in [0.1, 0.15) is 5.82 Å². The zero-order chi connectivity index (χ0) is 19.4. The van der Waals surface area contributed by atoms with Crippen molar-refractivity contribution in [2.45, 2.75) is 33.7 Å². The summed E-state index contributed by atoms with van der Waals surface area (Å²) in [5.41, 5.74) is 3.92. The second-order valence-electron chi connectivity index (χ2n) is 6.77. The molecule has 0 saturated carbocycles. The quantitative estimate of drug-likeness (QED) is 0.468. The number of likely N-dealkylation sites (N-methyl/N-ethyl adjacent to an activating group) is 1. The molecule has 0 atom stereocenters. The number of halogens is 2. The zero-order valence-electron chi connectivity index (χ0n) is 16.6. The Morgan fingerprint density at radius 1 is 1.11 bits per heavy atom. The van der Waals surface area contributed by atoms with Gasteiger partial charge in [0, 0.05) is 30.1 Å². The lowest BCUT2D eigenvalue weighted by atomic mass is 10.1. The molecule has 3 aromatic rings. The van der Waals surface area contributed by atoms with Gasteiger partial charge in [-0.15, -0.1) is 12.4 Å². The molecule has 0 fully saturated rings. The van der Waals surface area contributed by atoms with Gasteiger partial charge in [0.05, 0.1) is 11.0 Å².